The summed E-state index contributed by atoms with van der Waals surface area (Å²) in [5.74, 6) is 0.198. The molecule has 3 rings (SSSR count). The normalized spacial score (nSPS) is 10.9. The smallest absolute Gasteiger partial charge is 0.261 e. The summed E-state index contributed by atoms with van der Waals surface area (Å²) in [6.07, 6.45) is 0. The fourth-order valence-corrected chi connectivity index (χ4v) is 3.72. The van der Waals surface area contributed by atoms with E-state index in [0.717, 1.165) is 0 Å². The molecule has 28 heavy (non-hydrogen) atoms. The number of carbonyl (C=O) groups excluding carboxylic acids is 1. The molecule has 3 aromatic rings. The number of sulfonamides is 1. The number of halogens is 1. The molecule has 1 amide bonds. The third-order valence-corrected chi connectivity index (χ3v) is 5.59. The summed E-state index contributed by atoms with van der Waals surface area (Å²) in [6, 6.07) is 19.1. The lowest BCUT2D eigenvalue weighted by atomic mass is 10.2. The minimum atomic E-state index is -3.77. The second-order valence-electron chi connectivity index (χ2n) is 5.80. The molecule has 0 heterocycles. The number of hydrogen-bond donors (Lipinski definition) is 2. The Morgan fingerprint density at radius 1 is 0.929 bits per heavy atom. The highest BCUT2D eigenvalue weighted by molar-refractivity contribution is 7.92. The molecule has 144 valence electrons. The third kappa shape index (κ3) is 4.62. The Labute approximate surface area is 168 Å². The summed E-state index contributed by atoms with van der Waals surface area (Å²) < 4.78 is 32.5. The third-order valence-electron chi connectivity index (χ3n) is 3.86. The first-order chi connectivity index (χ1) is 13.4. The van der Waals surface area contributed by atoms with E-state index < -0.39 is 15.9 Å². The van der Waals surface area contributed by atoms with Crippen LogP contribution in [0.15, 0.2) is 77.7 Å². The van der Waals surface area contributed by atoms with Gasteiger partial charge in [0.2, 0.25) is 0 Å². The van der Waals surface area contributed by atoms with Crippen molar-refractivity contribution in [2.45, 2.75) is 4.90 Å². The number of rotatable bonds is 6. The van der Waals surface area contributed by atoms with Gasteiger partial charge in [0.05, 0.1) is 22.6 Å². The van der Waals surface area contributed by atoms with Crippen LogP contribution in [0.3, 0.4) is 0 Å². The molecule has 2 N–H and O–H groups in total. The second-order valence-corrected chi connectivity index (χ2v) is 7.89. The quantitative estimate of drug-likeness (QED) is 0.623. The Morgan fingerprint density at radius 3 is 2.21 bits per heavy atom. The van der Waals surface area contributed by atoms with Crippen LogP contribution in [0.4, 0.5) is 11.4 Å². The molecule has 0 aliphatic rings. The van der Waals surface area contributed by atoms with E-state index in [2.05, 4.69) is 10.0 Å². The number of methoxy groups -OCH3 is 1. The lowest BCUT2D eigenvalue weighted by Gasteiger charge is -2.11. The standard InChI is InChI=1S/C20H17ClN2O4S/c1-27-16-10-7-14(8-11-16)22-20(24)18-13-15(9-12-19(18)21)23-28(25,26)17-5-3-2-4-6-17/h2-13,23H,1H3,(H,22,24). The number of ether oxygens (including phenoxy) is 1. The SMILES string of the molecule is COc1ccc(NC(=O)c2cc(NS(=O)(=O)c3ccccc3)ccc2Cl)cc1. The van der Waals surface area contributed by atoms with Crippen molar-refractivity contribution in [3.05, 3.63) is 83.4 Å². The average Bonchev–Trinajstić information content (AvgIpc) is 2.70. The number of amides is 1. The van der Waals surface area contributed by atoms with Crippen molar-refractivity contribution in [3.63, 3.8) is 0 Å². The van der Waals surface area contributed by atoms with Crippen LogP contribution in [0, 0.1) is 0 Å². The largest absolute Gasteiger partial charge is 0.497 e. The van der Waals surface area contributed by atoms with Crippen molar-refractivity contribution in [1.29, 1.82) is 0 Å². The van der Waals surface area contributed by atoms with Crippen LogP contribution in [-0.2, 0) is 10.0 Å². The van der Waals surface area contributed by atoms with E-state index in [-0.39, 0.29) is 21.2 Å². The van der Waals surface area contributed by atoms with Gasteiger partial charge in [-0.1, -0.05) is 29.8 Å². The fraction of sp³-hybridized carbons (Fsp3) is 0.0500. The van der Waals surface area contributed by atoms with Gasteiger partial charge in [-0.25, -0.2) is 8.42 Å². The zero-order valence-corrected chi connectivity index (χ0v) is 16.4. The van der Waals surface area contributed by atoms with Gasteiger partial charge in [0.15, 0.2) is 0 Å². The van der Waals surface area contributed by atoms with Crippen LogP contribution >= 0.6 is 11.6 Å². The molecule has 0 saturated carbocycles. The highest BCUT2D eigenvalue weighted by Gasteiger charge is 2.16. The molecule has 0 aliphatic heterocycles. The van der Waals surface area contributed by atoms with E-state index >= 15 is 0 Å². The van der Waals surface area contributed by atoms with Crippen molar-refractivity contribution in [2.24, 2.45) is 0 Å². The lowest BCUT2D eigenvalue weighted by Crippen LogP contribution is -2.15. The van der Waals surface area contributed by atoms with Crippen molar-refractivity contribution in [2.75, 3.05) is 17.1 Å². The maximum absolute atomic E-state index is 12.6. The highest BCUT2D eigenvalue weighted by atomic mass is 35.5. The molecule has 0 saturated heterocycles. The fourth-order valence-electron chi connectivity index (χ4n) is 2.45. The van der Waals surface area contributed by atoms with Crippen LogP contribution in [0.2, 0.25) is 5.02 Å². The summed E-state index contributed by atoms with van der Waals surface area (Å²) in [7, 11) is -2.22. The van der Waals surface area contributed by atoms with Crippen LogP contribution in [0.1, 0.15) is 10.4 Å². The number of carbonyl (C=O) groups is 1. The summed E-state index contributed by atoms with van der Waals surface area (Å²) in [5.41, 5.74) is 0.927. The van der Waals surface area contributed by atoms with E-state index in [1.807, 2.05) is 0 Å². The predicted octanol–water partition coefficient (Wildman–Crippen LogP) is 4.40. The molecule has 0 aliphatic carbocycles. The zero-order valence-electron chi connectivity index (χ0n) is 14.8. The van der Waals surface area contributed by atoms with Gasteiger partial charge in [0.1, 0.15) is 5.75 Å². The van der Waals surface area contributed by atoms with Gasteiger partial charge in [0.25, 0.3) is 15.9 Å². The van der Waals surface area contributed by atoms with Crippen LogP contribution in [0.5, 0.6) is 5.75 Å². The van der Waals surface area contributed by atoms with E-state index in [9.17, 15) is 13.2 Å². The molecule has 0 unspecified atom stereocenters. The number of hydrogen-bond acceptors (Lipinski definition) is 4. The molecule has 6 nitrogen and oxygen atoms in total. The Bertz CT molecular complexity index is 1080. The predicted molar refractivity (Wildman–Crippen MR) is 110 cm³/mol. The Morgan fingerprint density at radius 2 is 1.57 bits per heavy atom. The van der Waals surface area contributed by atoms with Gasteiger partial charge in [-0.3, -0.25) is 9.52 Å². The van der Waals surface area contributed by atoms with E-state index in [4.69, 9.17) is 16.3 Å². The number of nitrogens with one attached hydrogen (secondary N) is 2. The Hall–Kier alpha value is -3.03. The molecule has 3 aromatic carbocycles. The molecule has 0 radical (unpaired) electrons. The van der Waals surface area contributed by atoms with E-state index in [1.54, 1.807) is 49.6 Å². The molecule has 0 atom stereocenters. The maximum Gasteiger partial charge on any atom is 0.261 e. The molecule has 0 aromatic heterocycles. The topological polar surface area (TPSA) is 84.5 Å². The highest BCUT2D eigenvalue weighted by Crippen LogP contribution is 2.24. The summed E-state index contributed by atoms with van der Waals surface area (Å²) in [4.78, 5) is 12.7. The van der Waals surface area contributed by atoms with Gasteiger partial charge >= 0.3 is 0 Å². The minimum Gasteiger partial charge on any atom is -0.497 e. The van der Waals surface area contributed by atoms with E-state index in [0.29, 0.717) is 11.4 Å². The zero-order chi connectivity index (χ0) is 20.1. The van der Waals surface area contributed by atoms with Crippen LogP contribution < -0.4 is 14.8 Å². The molecular formula is C20H17ClN2O4S. The van der Waals surface area contributed by atoms with Crippen LogP contribution in [-0.4, -0.2) is 21.4 Å². The first-order valence-electron chi connectivity index (χ1n) is 8.22. The monoisotopic (exact) mass is 416 g/mol. The summed E-state index contributed by atoms with van der Waals surface area (Å²) in [6.45, 7) is 0. The number of benzene rings is 3. The van der Waals surface area contributed by atoms with Crippen LogP contribution in [0.25, 0.3) is 0 Å². The Balaban J connectivity index is 1.81. The first kappa shape index (κ1) is 19.7. The van der Waals surface area contributed by atoms with Crippen molar-refractivity contribution in [3.8, 4) is 5.75 Å². The minimum absolute atomic E-state index is 0.120. The summed E-state index contributed by atoms with van der Waals surface area (Å²) >= 11 is 6.14. The summed E-state index contributed by atoms with van der Waals surface area (Å²) in [5, 5.41) is 2.92. The second kappa shape index (κ2) is 8.33. The van der Waals surface area contributed by atoms with Gasteiger partial charge in [0, 0.05) is 11.4 Å². The first-order valence-corrected chi connectivity index (χ1v) is 10.1. The number of anilines is 2. The molecule has 8 heteroatoms. The molecule has 0 bridgehead atoms. The van der Waals surface area contributed by atoms with Crippen molar-refractivity contribution >= 4 is 38.9 Å². The Kier molecular flexibility index (Phi) is 5.87. The molecular weight excluding hydrogens is 400 g/mol. The van der Waals surface area contributed by atoms with Gasteiger partial charge in [-0.15, -0.1) is 0 Å². The molecule has 0 fully saturated rings. The van der Waals surface area contributed by atoms with Gasteiger partial charge < -0.3 is 10.1 Å². The lowest BCUT2D eigenvalue weighted by molar-refractivity contribution is 0.102. The van der Waals surface area contributed by atoms with E-state index in [1.165, 1.54) is 30.3 Å². The van der Waals surface area contributed by atoms with Gasteiger partial charge in [-0.2, -0.15) is 0 Å². The molecule has 0 spiro atoms. The van der Waals surface area contributed by atoms with Crippen molar-refractivity contribution < 1.29 is 17.9 Å². The van der Waals surface area contributed by atoms with Gasteiger partial charge in [-0.05, 0) is 54.6 Å². The van der Waals surface area contributed by atoms with Crippen molar-refractivity contribution in [1.82, 2.24) is 0 Å². The average molecular weight is 417 g/mol. The maximum atomic E-state index is 12.6.